The van der Waals surface area contributed by atoms with Crippen LogP contribution in [0.2, 0.25) is 0 Å². The van der Waals surface area contributed by atoms with Crippen LogP contribution < -0.4 is 5.73 Å². The number of nitrogens with two attached hydrogens (primary N) is 1. The number of rotatable bonds is 12. The SMILES string of the molecule is C=C(N)/C(C=C(C)C)=N/C(=C)N(CC)N(C)C(CC)Cc1ccc(C(F)(F)F)cc1CN1CCCC1. The van der Waals surface area contributed by atoms with Gasteiger partial charge < -0.3 is 5.73 Å². The van der Waals surface area contributed by atoms with Crippen molar-refractivity contribution >= 4 is 5.71 Å². The Labute approximate surface area is 214 Å². The molecule has 0 spiro atoms. The van der Waals surface area contributed by atoms with E-state index in [1.54, 1.807) is 6.07 Å². The molecule has 2 N–H and O–H groups in total. The van der Waals surface area contributed by atoms with E-state index in [0.29, 0.717) is 36.7 Å². The van der Waals surface area contributed by atoms with Crippen LogP contribution in [0, 0.1) is 0 Å². The average Bonchev–Trinajstić information content (AvgIpc) is 3.30. The number of likely N-dealkylation sites (tertiary alicyclic amines) is 1. The van der Waals surface area contributed by atoms with E-state index in [0.717, 1.165) is 49.1 Å². The van der Waals surface area contributed by atoms with Crippen LogP contribution in [0.4, 0.5) is 13.2 Å². The zero-order chi connectivity index (χ0) is 27.0. The molecule has 0 bridgehead atoms. The van der Waals surface area contributed by atoms with E-state index in [9.17, 15) is 13.2 Å². The van der Waals surface area contributed by atoms with Crippen molar-refractivity contribution in [3.8, 4) is 0 Å². The lowest BCUT2D eigenvalue weighted by atomic mass is 9.96. The summed E-state index contributed by atoms with van der Waals surface area (Å²) in [4.78, 5) is 6.87. The Hall–Kier alpha value is -2.58. The van der Waals surface area contributed by atoms with Gasteiger partial charge in [0.15, 0.2) is 0 Å². The number of hydrazine groups is 1. The normalized spacial score (nSPS) is 15.8. The van der Waals surface area contributed by atoms with Crippen molar-refractivity contribution in [1.29, 1.82) is 0 Å². The van der Waals surface area contributed by atoms with Crippen molar-refractivity contribution in [3.05, 3.63) is 71.2 Å². The highest BCUT2D eigenvalue weighted by atomic mass is 19.4. The summed E-state index contributed by atoms with van der Waals surface area (Å²) in [6.45, 7) is 19.0. The molecule has 5 nitrogen and oxygen atoms in total. The standard InChI is InChI=1S/C28H42F3N5/c1-8-26(34(7)36(9-2)22(6)33-27(21(5)32)16-20(3)4)18-23-12-13-25(28(29,30)31)17-24(23)19-35-14-10-11-15-35/h12-13,16-17,26H,5-6,8-11,14-15,18-19,32H2,1-4,7H3/b33-27+. The molecule has 1 unspecified atom stereocenters. The molecule has 2 rings (SSSR count). The van der Waals surface area contributed by atoms with Crippen LogP contribution in [0.3, 0.4) is 0 Å². The largest absolute Gasteiger partial charge is 0.416 e. The zero-order valence-electron chi connectivity index (χ0n) is 22.5. The lowest BCUT2D eigenvalue weighted by Crippen LogP contribution is -2.46. The number of allylic oxidation sites excluding steroid dienone is 2. The summed E-state index contributed by atoms with van der Waals surface area (Å²) in [6.07, 6.45) is 1.11. The van der Waals surface area contributed by atoms with Crippen molar-refractivity contribution in [2.24, 2.45) is 10.7 Å². The van der Waals surface area contributed by atoms with Gasteiger partial charge in [0.05, 0.1) is 17.0 Å². The third-order valence-electron chi connectivity index (χ3n) is 6.56. The smallest absolute Gasteiger partial charge is 0.397 e. The average molecular weight is 506 g/mol. The second kappa shape index (κ2) is 13.1. The van der Waals surface area contributed by atoms with E-state index in [-0.39, 0.29) is 6.04 Å². The predicted octanol–water partition coefficient (Wildman–Crippen LogP) is 6.14. The maximum Gasteiger partial charge on any atom is 0.416 e. The number of aliphatic imine (C=N–C) groups is 1. The maximum atomic E-state index is 13.5. The van der Waals surface area contributed by atoms with Gasteiger partial charge in [0.1, 0.15) is 5.82 Å². The molecule has 1 aromatic rings. The third kappa shape index (κ3) is 8.23. The fourth-order valence-corrected chi connectivity index (χ4v) is 4.58. The lowest BCUT2D eigenvalue weighted by Gasteiger charge is -2.38. The van der Waals surface area contributed by atoms with Crippen LogP contribution in [0.1, 0.15) is 63.6 Å². The number of hydrogen-bond acceptors (Lipinski definition) is 5. The molecule has 1 saturated heterocycles. The van der Waals surface area contributed by atoms with Gasteiger partial charge in [0.25, 0.3) is 0 Å². The van der Waals surface area contributed by atoms with Gasteiger partial charge in [-0.2, -0.15) is 13.2 Å². The lowest BCUT2D eigenvalue weighted by molar-refractivity contribution is -0.137. The molecule has 200 valence electrons. The van der Waals surface area contributed by atoms with E-state index in [4.69, 9.17) is 5.73 Å². The molecule has 36 heavy (non-hydrogen) atoms. The summed E-state index contributed by atoms with van der Waals surface area (Å²) in [5.41, 5.74) is 9.02. The van der Waals surface area contributed by atoms with E-state index in [1.165, 1.54) is 12.1 Å². The third-order valence-corrected chi connectivity index (χ3v) is 6.56. The molecule has 8 heteroatoms. The second-order valence-corrected chi connectivity index (χ2v) is 9.68. The number of halogens is 3. The minimum absolute atomic E-state index is 0.0407. The Kier molecular flexibility index (Phi) is 10.8. The van der Waals surface area contributed by atoms with Crippen molar-refractivity contribution in [2.75, 3.05) is 26.7 Å². The summed E-state index contributed by atoms with van der Waals surface area (Å²) >= 11 is 0. The van der Waals surface area contributed by atoms with Gasteiger partial charge in [0, 0.05) is 26.2 Å². The Morgan fingerprint density at radius 1 is 1.17 bits per heavy atom. The first-order valence-electron chi connectivity index (χ1n) is 12.7. The first-order valence-corrected chi connectivity index (χ1v) is 12.7. The van der Waals surface area contributed by atoms with Crippen molar-refractivity contribution in [3.63, 3.8) is 0 Å². The van der Waals surface area contributed by atoms with E-state index in [1.807, 2.05) is 38.9 Å². The van der Waals surface area contributed by atoms with Gasteiger partial charge in [-0.25, -0.2) is 10.0 Å². The number of alkyl halides is 3. The number of benzene rings is 1. The van der Waals surface area contributed by atoms with Crippen LogP contribution in [-0.4, -0.2) is 53.4 Å². The van der Waals surface area contributed by atoms with Gasteiger partial charge in [-0.05, 0) is 88.9 Å². The minimum atomic E-state index is -4.36. The molecule has 0 radical (unpaired) electrons. The van der Waals surface area contributed by atoms with Gasteiger partial charge in [-0.3, -0.25) is 9.91 Å². The quantitative estimate of drug-likeness (QED) is 0.274. The van der Waals surface area contributed by atoms with Gasteiger partial charge in [-0.1, -0.05) is 31.7 Å². The second-order valence-electron chi connectivity index (χ2n) is 9.68. The van der Waals surface area contributed by atoms with Crippen molar-refractivity contribution in [2.45, 2.75) is 72.1 Å². The predicted molar refractivity (Wildman–Crippen MR) is 143 cm³/mol. The number of hydrogen-bond donors (Lipinski definition) is 1. The molecule has 0 aromatic heterocycles. The van der Waals surface area contributed by atoms with Gasteiger partial charge >= 0.3 is 6.18 Å². The molecule has 0 saturated carbocycles. The van der Waals surface area contributed by atoms with Crippen molar-refractivity contribution < 1.29 is 13.2 Å². The Morgan fingerprint density at radius 3 is 2.31 bits per heavy atom. The fraction of sp³-hybridized carbons (Fsp3) is 0.536. The Bertz CT molecular complexity index is 970. The van der Waals surface area contributed by atoms with E-state index < -0.39 is 11.7 Å². The topological polar surface area (TPSA) is 48.1 Å². The first kappa shape index (κ1) is 29.6. The van der Waals surface area contributed by atoms with Crippen molar-refractivity contribution in [1.82, 2.24) is 14.9 Å². The summed E-state index contributed by atoms with van der Waals surface area (Å²) in [6, 6.07) is 4.23. The van der Waals surface area contributed by atoms with Crippen LogP contribution in [-0.2, 0) is 19.1 Å². The van der Waals surface area contributed by atoms with Crippen LogP contribution in [0.25, 0.3) is 0 Å². The number of likely N-dealkylation sites (N-methyl/N-ethyl adjacent to an activating group) is 1. The van der Waals surface area contributed by atoms with Crippen LogP contribution >= 0.6 is 0 Å². The molecular formula is C28H42F3N5. The summed E-state index contributed by atoms with van der Waals surface area (Å²) in [5.74, 6) is 0.530. The van der Waals surface area contributed by atoms with Crippen LogP contribution in [0.15, 0.2) is 59.5 Å². The van der Waals surface area contributed by atoms with Gasteiger partial charge in [0.2, 0.25) is 0 Å². The Morgan fingerprint density at radius 2 is 1.81 bits per heavy atom. The Balaban J connectivity index is 2.33. The van der Waals surface area contributed by atoms with Crippen LogP contribution in [0.5, 0.6) is 0 Å². The highest BCUT2D eigenvalue weighted by Crippen LogP contribution is 2.32. The van der Waals surface area contributed by atoms with E-state index in [2.05, 4.69) is 35.0 Å². The molecule has 1 atom stereocenters. The molecule has 1 aliphatic rings. The first-order chi connectivity index (χ1) is 16.9. The molecule has 1 aliphatic heterocycles. The fourth-order valence-electron chi connectivity index (χ4n) is 4.58. The van der Waals surface area contributed by atoms with E-state index >= 15 is 0 Å². The minimum Gasteiger partial charge on any atom is -0.397 e. The molecule has 1 aromatic carbocycles. The molecular weight excluding hydrogens is 463 g/mol. The summed E-state index contributed by atoms with van der Waals surface area (Å²) in [7, 11) is 1.97. The highest BCUT2D eigenvalue weighted by molar-refractivity contribution is 6.08. The molecule has 0 amide bonds. The molecule has 0 aliphatic carbocycles. The summed E-state index contributed by atoms with van der Waals surface area (Å²) < 4.78 is 40.4. The highest BCUT2D eigenvalue weighted by Gasteiger charge is 2.32. The number of nitrogens with zero attached hydrogens (tertiary/aromatic N) is 4. The molecule has 1 fully saturated rings. The maximum absolute atomic E-state index is 13.5. The van der Waals surface area contributed by atoms with Gasteiger partial charge in [-0.15, -0.1) is 0 Å². The monoisotopic (exact) mass is 505 g/mol. The zero-order valence-corrected chi connectivity index (χ0v) is 22.5. The molecule has 1 heterocycles. The summed E-state index contributed by atoms with van der Waals surface area (Å²) in [5, 5.41) is 4.06.